The average molecular weight is 179 g/mol. The van der Waals surface area contributed by atoms with Crippen LogP contribution in [-0.4, -0.2) is 6.04 Å². The Balaban J connectivity index is 2.37. The Labute approximate surface area is 82.1 Å². The molecule has 0 aromatic carbocycles. The third kappa shape index (κ3) is 3.04. The van der Waals surface area contributed by atoms with E-state index in [4.69, 9.17) is 12.2 Å². The Kier molecular flexibility index (Phi) is 3.39. The maximum atomic E-state index is 6.01. The third-order valence-corrected chi connectivity index (χ3v) is 3.34. The standard InChI is InChI=1S/C12H21N/c1-4-5-11(13)10-6-8-12(2,3)9-7-10/h1,10-11H,5-9,13H2,2-3H3. The van der Waals surface area contributed by atoms with E-state index < -0.39 is 0 Å². The highest BCUT2D eigenvalue weighted by Crippen LogP contribution is 2.39. The second kappa shape index (κ2) is 4.15. The Morgan fingerprint density at radius 3 is 2.46 bits per heavy atom. The molecule has 0 aromatic rings. The summed E-state index contributed by atoms with van der Waals surface area (Å²) in [5.41, 5.74) is 6.54. The quantitative estimate of drug-likeness (QED) is 0.648. The van der Waals surface area contributed by atoms with Crippen molar-refractivity contribution in [1.82, 2.24) is 0 Å². The lowest BCUT2D eigenvalue weighted by atomic mass is 9.71. The van der Waals surface area contributed by atoms with Gasteiger partial charge in [-0.25, -0.2) is 0 Å². The van der Waals surface area contributed by atoms with Crippen LogP contribution in [0.3, 0.4) is 0 Å². The van der Waals surface area contributed by atoms with E-state index in [2.05, 4.69) is 19.8 Å². The molecular weight excluding hydrogens is 158 g/mol. The first-order valence-electron chi connectivity index (χ1n) is 5.24. The summed E-state index contributed by atoms with van der Waals surface area (Å²) in [6.45, 7) is 4.69. The number of nitrogens with two attached hydrogens (primary N) is 1. The van der Waals surface area contributed by atoms with Crippen LogP contribution in [0.25, 0.3) is 0 Å². The van der Waals surface area contributed by atoms with Crippen LogP contribution in [0.4, 0.5) is 0 Å². The lowest BCUT2D eigenvalue weighted by Gasteiger charge is -2.36. The van der Waals surface area contributed by atoms with E-state index in [1.54, 1.807) is 0 Å². The summed E-state index contributed by atoms with van der Waals surface area (Å²) in [5, 5.41) is 0. The lowest BCUT2D eigenvalue weighted by Crippen LogP contribution is -2.34. The van der Waals surface area contributed by atoms with Gasteiger partial charge in [0.1, 0.15) is 0 Å². The van der Waals surface area contributed by atoms with Crippen molar-refractivity contribution in [3.8, 4) is 12.3 Å². The molecule has 1 fully saturated rings. The molecule has 0 amide bonds. The Morgan fingerprint density at radius 1 is 1.46 bits per heavy atom. The van der Waals surface area contributed by atoms with Gasteiger partial charge in [-0.15, -0.1) is 12.3 Å². The van der Waals surface area contributed by atoms with E-state index in [1.165, 1.54) is 25.7 Å². The summed E-state index contributed by atoms with van der Waals surface area (Å²) in [6, 6.07) is 0.237. The average Bonchev–Trinajstić information content (AvgIpc) is 2.04. The molecule has 13 heavy (non-hydrogen) atoms. The van der Waals surface area contributed by atoms with E-state index in [1.807, 2.05) is 0 Å². The minimum absolute atomic E-state index is 0.237. The minimum Gasteiger partial charge on any atom is -0.327 e. The van der Waals surface area contributed by atoms with Crippen LogP contribution >= 0.6 is 0 Å². The fourth-order valence-corrected chi connectivity index (χ4v) is 2.15. The van der Waals surface area contributed by atoms with Gasteiger partial charge >= 0.3 is 0 Å². The van der Waals surface area contributed by atoms with E-state index in [9.17, 15) is 0 Å². The van der Waals surface area contributed by atoms with Crippen molar-refractivity contribution in [3.05, 3.63) is 0 Å². The van der Waals surface area contributed by atoms with Gasteiger partial charge in [0, 0.05) is 12.5 Å². The molecule has 1 saturated carbocycles. The Morgan fingerprint density at radius 2 is 2.00 bits per heavy atom. The summed E-state index contributed by atoms with van der Waals surface area (Å²) < 4.78 is 0. The molecule has 1 aliphatic rings. The fraction of sp³-hybridized carbons (Fsp3) is 0.833. The van der Waals surface area contributed by atoms with E-state index >= 15 is 0 Å². The van der Waals surface area contributed by atoms with Crippen molar-refractivity contribution >= 4 is 0 Å². The molecule has 0 aromatic heterocycles. The first-order chi connectivity index (χ1) is 6.05. The van der Waals surface area contributed by atoms with Crippen molar-refractivity contribution < 1.29 is 0 Å². The normalized spacial score (nSPS) is 25.1. The van der Waals surface area contributed by atoms with Crippen molar-refractivity contribution in [2.45, 2.75) is 52.0 Å². The van der Waals surface area contributed by atoms with Gasteiger partial charge in [-0.3, -0.25) is 0 Å². The van der Waals surface area contributed by atoms with Gasteiger partial charge < -0.3 is 5.73 Å². The van der Waals surface area contributed by atoms with Crippen LogP contribution in [0.15, 0.2) is 0 Å². The van der Waals surface area contributed by atoms with Gasteiger partial charge in [0.15, 0.2) is 0 Å². The molecule has 1 heteroatoms. The van der Waals surface area contributed by atoms with E-state index in [0.717, 1.165) is 6.42 Å². The van der Waals surface area contributed by atoms with Gasteiger partial charge in [0.05, 0.1) is 0 Å². The highest BCUT2D eigenvalue weighted by Gasteiger charge is 2.29. The zero-order valence-electron chi connectivity index (χ0n) is 8.84. The van der Waals surface area contributed by atoms with Gasteiger partial charge in [-0.05, 0) is 37.0 Å². The molecule has 0 heterocycles. The molecule has 0 bridgehead atoms. The first-order valence-corrected chi connectivity index (χ1v) is 5.24. The van der Waals surface area contributed by atoms with Gasteiger partial charge in [-0.2, -0.15) is 0 Å². The highest BCUT2D eigenvalue weighted by molar-refractivity contribution is 4.93. The first kappa shape index (κ1) is 10.6. The summed E-state index contributed by atoms with van der Waals surface area (Å²) in [4.78, 5) is 0. The zero-order valence-corrected chi connectivity index (χ0v) is 8.84. The number of terminal acetylenes is 1. The summed E-state index contributed by atoms with van der Waals surface area (Å²) >= 11 is 0. The van der Waals surface area contributed by atoms with Crippen molar-refractivity contribution in [3.63, 3.8) is 0 Å². The molecule has 0 aliphatic heterocycles. The monoisotopic (exact) mass is 179 g/mol. The molecule has 1 rings (SSSR count). The summed E-state index contributed by atoms with van der Waals surface area (Å²) in [7, 11) is 0. The van der Waals surface area contributed by atoms with E-state index in [-0.39, 0.29) is 6.04 Å². The smallest absolute Gasteiger partial charge is 0.0241 e. The minimum atomic E-state index is 0.237. The number of rotatable bonds is 2. The van der Waals surface area contributed by atoms with Crippen LogP contribution < -0.4 is 5.73 Å². The predicted molar refractivity (Wildman–Crippen MR) is 57.2 cm³/mol. The predicted octanol–water partition coefficient (Wildman–Crippen LogP) is 2.55. The van der Waals surface area contributed by atoms with Crippen molar-refractivity contribution in [2.75, 3.05) is 0 Å². The van der Waals surface area contributed by atoms with Gasteiger partial charge in [0.25, 0.3) is 0 Å². The molecule has 1 unspecified atom stereocenters. The maximum absolute atomic E-state index is 6.01. The molecule has 74 valence electrons. The van der Waals surface area contributed by atoms with Crippen molar-refractivity contribution in [2.24, 2.45) is 17.1 Å². The topological polar surface area (TPSA) is 26.0 Å². The molecule has 0 saturated heterocycles. The molecule has 1 nitrogen and oxygen atoms in total. The Bertz CT molecular complexity index is 190. The zero-order chi connectivity index (χ0) is 9.90. The van der Waals surface area contributed by atoms with Crippen LogP contribution in [0.2, 0.25) is 0 Å². The number of hydrogen-bond acceptors (Lipinski definition) is 1. The van der Waals surface area contributed by atoms with Crippen molar-refractivity contribution in [1.29, 1.82) is 0 Å². The Hall–Kier alpha value is -0.480. The number of hydrogen-bond donors (Lipinski definition) is 1. The SMILES string of the molecule is C#CCC(N)C1CCC(C)(C)CC1. The maximum Gasteiger partial charge on any atom is 0.0241 e. The molecular formula is C12H21N. The molecule has 1 atom stereocenters. The van der Waals surface area contributed by atoms with Gasteiger partial charge in [0.2, 0.25) is 0 Å². The molecule has 0 spiro atoms. The van der Waals surface area contributed by atoms with Crippen LogP contribution in [0.1, 0.15) is 46.0 Å². The summed E-state index contributed by atoms with van der Waals surface area (Å²) in [5.74, 6) is 3.33. The van der Waals surface area contributed by atoms with Crippen LogP contribution in [-0.2, 0) is 0 Å². The fourth-order valence-electron chi connectivity index (χ4n) is 2.15. The second-order valence-electron chi connectivity index (χ2n) is 5.07. The van der Waals surface area contributed by atoms with Crippen LogP contribution in [0.5, 0.6) is 0 Å². The molecule has 2 N–H and O–H groups in total. The van der Waals surface area contributed by atoms with Gasteiger partial charge in [-0.1, -0.05) is 13.8 Å². The van der Waals surface area contributed by atoms with Crippen LogP contribution in [0, 0.1) is 23.7 Å². The highest BCUT2D eigenvalue weighted by atomic mass is 14.6. The second-order valence-corrected chi connectivity index (χ2v) is 5.07. The lowest BCUT2D eigenvalue weighted by molar-refractivity contribution is 0.174. The third-order valence-electron chi connectivity index (χ3n) is 3.34. The largest absolute Gasteiger partial charge is 0.327 e. The molecule has 1 aliphatic carbocycles. The summed E-state index contributed by atoms with van der Waals surface area (Å²) in [6.07, 6.45) is 11.1. The molecule has 0 radical (unpaired) electrons. The van der Waals surface area contributed by atoms with E-state index in [0.29, 0.717) is 11.3 Å².